The number of fused-ring (bicyclic) bond motifs is 2. The maximum absolute atomic E-state index is 11.4. The van der Waals surface area contributed by atoms with Gasteiger partial charge in [-0.25, -0.2) is 9.78 Å². The van der Waals surface area contributed by atoms with Crippen LogP contribution in [0.25, 0.3) is 0 Å². The Morgan fingerprint density at radius 1 is 1.13 bits per heavy atom. The molecule has 0 aromatic carbocycles. The molecule has 0 aromatic rings. The van der Waals surface area contributed by atoms with E-state index in [-0.39, 0.29) is 17.8 Å². The number of ether oxygens (including phenoxy) is 3. The minimum absolute atomic E-state index is 0.0415. The summed E-state index contributed by atoms with van der Waals surface area (Å²) >= 11 is 0. The Morgan fingerprint density at radius 3 is 2.65 bits per heavy atom. The van der Waals surface area contributed by atoms with Crippen molar-refractivity contribution < 1.29 is 28.8 Å². The van der Waals surface area contributed by atoms with Crippen molar-refractivity contribution in [2.45, 2.75) is 77.3 Å². The van der Waals surface area contributed by atoms with Gasteiger partial charge in [0.2, 0.25) is 12.1 Å². The zero-order valence-electron chi connectivity index (χ0n) is 14.2. The van der Waals surface area contributed by atoms with Gasteiger partial charge in [0.1, 0.15) is 0 Å². The predicted octanol–water partition coefficient (Wildman–Crippen LogP) is 2.76. The van der Waals surface area contributed by atoms with Crippen LogP contribution in [-0.2, 0) is 28.8 Å². The molecule has 6 nitrogen and oxygen atoms in total. The number of hydrogen-bond acceptors (Lipinski definition) is 6. The first kappa shape index (κ1) is 15.8. The van der Waals surface area contributed by atoms with Gasteiger partial charge in [-0.1, -0.05) is 13.8 Å². The summed E-state index contributed by atoms with van der Waals surface area (Å²) in [5.74, 6) is -0.0347. The fourth-order valence-electron chi connectivity index (χ4n) is 5.17. The van der Waals surface area contributed by atoms with Gasteiger partial charge in [0.05, 0.1) is 0 Å². The van der Waals surface area contributed by atoms with Crippen molar-refractivity contribution in [1.82, 2.24) is 0 Å². The summed E-state index contributed by atoms with van der Waals surface area (Å²) in [5.41, 5.74) is -0.594. The van der Waals surface area contributed by atoms with Crippen molar-refractivity contribution in [2.24, 2.45) is 23.7 Å². The number of esters is 1. The van der Waals surface area contributed by atoms with E-state index in [0.717, 1.165) is 25.7 Å². The predicted molar refractivity (Wildman–Crippen MR) is 78.6 cm³/mol. The van der Waals surface area contributed by atoms with Crippen LogP contribution in [0.1, 0.15) is 53.4 Å². The fourth-order valence-corrected chi connectivity index (χ4v) is 5.17. The zero-order valence-corrected chi connectivity index (χ0v) is 14.2. The van der Waals surface area contributed by atoms with Crippen molar-refractivity contribution in [1.29, 1.82) is 0 Å². The molecule has 0 aromatic heterocycles. The average Bonchev–Trinajstić information content (AvgIpc) is 2.70. The SMILES string of the molecule is CC(=O)OC1O[C@@H]2OC3(C)CCC4[C@H](C)CCC([C@H]1C)[C@]42OO3. The second kappa shape index (κ2) is 5.15. The lowest BCUT2D eigenvalue weighted by molar-refractivity contribution is -0.576. The Morgan fingerprint density at radius 2 is 1.91 bits per heavy atom. The van der Waals surface area contributed by atoms with Crippen LogP contribution >= 0.6 is 0 Å². The molecule has 1 saturated carbocycles. The molecule has 4 saturated heterocycles. The molecule has 1 aliphatic carbocycles. The van der Waals surface area contributed by atoms with E-state index in [9.17, 15) is 4.79 Å². The third-order valence-corrected chi connectivity index (χ3v) is 6.38. The van der Waals surface area contributed by atoms with Crippen LogP contribution in [-0.4, -0.2) is 29.9 Å². The standard InChI is InChI=1S/C17H26O6/c1-9-5-6-13-10(2)14(19-11(3)18)20-15-17(13)12(9)7-8-16(4,21-15)22-23-17/h9-10,12-15H,5-8H2,1-4H3/t9-,10-,12?,13?,14?,15-,16?,17-/m1/s1. The number of carbonyl (C=O) groups excluding carboxylic acids is 1. The normalized spacial score (nSPS) is 55.0. The van der Waals surface area contributed by atoms with Crippen LogP contribution in [0.5, 0.6) is 0 Å². The van der Waals surface area contributed by atoms with Crippen LogP contribution in [0, 0.1) is 23.7 Å². The van der Waals surface area contributed by atoms with Crippen molar-refractivity contribution in [3.05, 3.63) is 0 Å². The van der Waals surface area contributed by atoms with Crippen molar-refractivity contribution in [2.75, 3.05) is 0 Å². The quantitative estimate of drug-likeness (QED) is 0.545. The summed E-state index contributed by atoms with van der Waals surface area (Å²) < 4.78 is 17.7. The van der Waals surface area contributed by atoms with E-state index in [1.54, 1.807) is 0 Å². The highest BCUT2D eigenvalue weighted by Crippen LogP contribution is 2.60. The Hall–Kier alpha value is -0.690. The maximum atomic E-state index is 11.4. The lowest BCUT2D eigenvalue weighted by Crippen LogP contribution is -2.70. The molecule has 6 heteroatoms. The monoisotopic (exact) mass is 326 g/mol. The Labute approximate surface area is 136 Å². The van der Waals surface area contributed by atoms with E-state index in [2.05, 4.69) is 13.8 Å². The minimum atomic E-state index is -0.793. The molecule has 4 heterocycles. The van der Waals surface area contributed by atoms with Crippen molar-refractivity contribution >= 4 is 5.97 Å². The first-order valence-corrected chi connectivity index (χ1v) is 8.73. The first-order chi connectivity index (χ1) is 10.9. The number of rotatable bonds is 1. The van der Waals surface area contributed by atoms with Gasteiger partial charge in [-0.3, -0.25) is 4.79 Å². The highest BCUT2D eigenvalue weighted by atomic mass is 17.3. The van der Waals surface area contributed by atoms with Crippen molar-refractivity contribution in [3.8, 4) is 0 Å². The van der Waals surface area contributed by atoms with Crippen LogP contribution in [0.4, 0.5) is 0 Å². The highest BCUT2D eigenvalue weighted by Gasteiger charge is 2.69. The molecule has 130 valence electrons. The van der Waals surface area contributed by atoms with E-state index >= 15 is 0 Å². The van der Waals surface area contributed by atoms with E-state index in [1.165, 1.54) is 6.92 Å². The fraction of sp³-hybridized carbons (Fsp3) is 0.941. The van der Waals surface area contributed by atoms with E-state index in [1.807, 2.05) is 6.92 Å². The largest absolute Gasteiger partial charge is 0.436 e. The van der Waals surface area contributed by atoms with E-state index < -0.39 is 24.0 Å². The zero-order chi connectivity index (χ0) is 16.4. The smallest absolute Gasteiger partial charge is 0.304 e. The molecule has 23 heavy (non-hydrogen) atoms. The minimum Gasteiger partial charge on any atom is -0.436 e. The molecule has 5 fully saturated rings. The molecule has 4 aliphatic heterocycles. The molecule has 0 radical (unpaired) electrons. The number of carbonyl (C=O) groups is 1. The second-order valence-electron chi connectivity index (χ2n) is 7.88. The van der Waals surface area contributed by atoms with Gasteiger partial charge in [-0.15, -0.1) is 0 Å². The molecule has 5 rings (SSSR count). The van der Waals surface area contributed by atoms with Gasteiger partial charge in [0.15, 0.2) is 11.9 Å². The summed E-state index contributed by atoms with van der Waals surface area (Å²) in [6, 6.07) is 0. The van der Waals surface area contributed by atoms with Crippen LogP contribution in [0.15, 0.2) is 0 Å². The molecule has 8 atom stereocenters. The van der Waals surface area contributed by atoms with Gasteiger partial charge in [-0.05, 0) is 38.0 Å². The second-order valence-corrected chi connectivity index (χ2v) is 7.88. The Balaban J connectivity index is 1.74. The van der Waals surface area contributed by atoms with Crippen LogP contribution in [0.3, 0.4) is 0 Å². The molecule has 5 aliphatic rings. The Bertz CT molecular complexity index is 509. The maximum Gasteiger partial charge on any atom is 0.304 e. The highest BCUT2D eigenvalue weighted by molar-refractivity contribution is 5.66. The lowest BCUT2D eigenvalue weighted by atomic mass is 9.58. The number of hydrogen-bond donors (Lipinski definition) is 0. The average molecular weight is 326 g/mol. The van der Waals surface area contributed by atoms with Gasteiger partial charge in [-0.2, -0.15) is 0 Å². The molecule has 4 unspecified atom stereocenters. The molecule has 1 spiro atoms. The van der Waals surface area contributed by atoms with E-state index in [4.69, 9.17) is 24.0 Å². The van der Waals surface area contributed by atoms with Crippen LogP contribution in [0.2, 0.25) is 0 Å². The summed E-state index contributed by atoms with van der Waals surface area (Å²) in [7, 11) is 0. The topological polar surface area (TPSA) is 63.2 Å². The summed E-state index contributed by atoms with van der Waals surface area (Å²) in [4.78, 5) is 23.2. The van der Waals surface area contributed by atoms with Crippen molar-refractivity contribution in [3.63, 3.8) is 0 Å². The Kier molecular flexibility index (Phi) is 3.54. The molecular formula is C17H26O6. The summed E-state index contributed by atoms with van der Waals surface area (Å²) in [6.07, 6.45) is 2.78. The van der Waals surface area contributed by atoms with Gasteiger partial charge in [0.25, 0.3) is 0 Å². The van der Waals surface area contributed by atoms with Crippen LogP contribution < -0.4 is 0 Å². The molecular weight excluding hydrogens is 300 g/mol. The van der Waals surface area contributed by atoms with Gasteiger partial charge in [0, 0.05) is 25.2 Å². The summed E-state index contributed by atoms with van der Waals surface area (Å²) in [6.45, 7) is 7.64. The summed E-state index contributed by atoms with van der Waals surface area (Å²) in [5, 5.41) is 0. The van der Waals surface area contributed by atoms with E-state index in [0.29, 0.717) is 11.8 Å². The third-order valence-electron chi connectivity index (χ3n) is 6.38. The molecule has 2 bridgehead atoms. The van der Waals surface area contributed by atoms with Gasteiger partial charge >= 0.3 is 5.97 Å². The lowest BCUT2D eigenvalue weighted by Gasteiger charge is -2.59. The third kappa shape index (κ3) is 2.18. The molecule has 0 amide bonds. The molecule has 0 N–H and O–H groups in total. The van der Waals surface area contributed by atoms with Gasteiger partial charge < -0.3 is 14.2 Å². The first-order valence-electron chi connectivity index (χ1n) is 8.73.